The van der Waals surface area contributed by atoms with Gasteiger partial charge in [-0.05, 0) is 60.9 Å². The molecule has 34 heavy (non-hydrogen) atoms. The van der Waals surface area contributed by atoms with Crippen molar-refractivity contribution in [2.24, 2.45) is 0 Å². The number of hydrogen-bond acceptors (Lipinski definition) is 7. The highest BCUT2D eigenvalue weighted by molar-refractivity contribution is 5.89. The second kappa shape index (κ2) is 10.3. The van der Waals surface area contributed by atoms with Gasteiger partial charge < -0.3 is 24.0 Å². The van der Waals surface area contributed by atoms with E-state index in [1.807, 2.05) is 29.2 Å². The number of hydrogen-bond donors (Lipinski definition) is 0. The summed E-state index contributed by atoms with van der Waals surface area (Å²) in [6.45, 7) is 6.34. The van der Waals surface area contributed by atoms with E-state index in [1.54, 1.807) is 26.4 Å². The van der Waals surface area contributed by atoms with Crippen LogP contribution in [0.5, 0.6) is 11.5 Å². The maximum Gasteiger partial charge on any atom is 0.337 e. The number of ether oxygens (including phenoxy) is 3. The fraction of sp³-hybridized carbons (Fsp3) is 0.462. The zero-order valence-corrected chi connectivity index (χ0v) is 20.4. The van der Waals surface area contributed by atoms with Crippen molar-refractivity contribution in [1.82, 2.24) is 9.80 Å². The van der Waals surface area contributed by atoms with Gasteiger partial charge in [0.1, 0.15) is 0 Å². The number of esters is 1. The normalized spacial score (nSPS) is 18.3. The van der Waals surface area contributed by atoms with Crippen molar-refractivity contribution in [3.05, 3.63) is 53.1 Å². The fourth-order valence-corrected chi connectivity index (χ4v) is 4.76. The quantitative estimate of drug-likeness (QED) is 0.605. The zero-order valence-electron chi connectivity index (χ0n) is 20.4. The molecular formula is C26H33N3O5. The van der Waals surface area contributed by atoms with Gasteiger partial charge in [-0.1, -0.05) is 0 Å². The van der Waals surface area contributed by atoms with Crippen LogP contribution >= 0.6 is 0 Å². The minimum atomic E-state index is -0.332. The van der Waals surface area contributed by atoms with Crippen molar-refractivity contribution in [2.45, 2.75) is 25.9 Å². The average molecular weight is 468 g/mol. The molecule has 1 unspecified atom stereocenters. The van der Waals surface area contributed by atoms with Gasteiger partial charge in [-0.2, -0.15) is 0 Å². The summed E-state index contributed by atoms with van der Waals surface area (Å²) in [6, 6.07) is 11.7. The Hall–Kier alpha value is -3.26. The first-order chi connectivity index (χ1) is 16.4. The monoisotopic (exact) mass is 467 g/mol. The summed E-state index contributed by atoms with van der Waals surface area (Å²) in [5, 5.41) is 0. The van der Waals surface area contributed by atoms with E-state index in [1.165, 1.54) is 12.7 Å². The maximum absolute atomic E-state index is 13.2. The molecule has 1 saturated heterocycles. The van der Waals surface area contributed by atoms with Crippen molar-refractivity contribution in [1.29, 1.82) is 0 Å². The van der Waals surface area contributed by atoms with E-state index in [4.69, 9.17) is 14.2 Å². The predicted octanol–water partition coefficient (Wildman–Crippen LogP) is 2.59. The van der Waals surface area contributed by atoms with Crippen LogP contribution in [0.15, 0.2) is 36.4 Å². The van der Waals surface area contributed by atoms with Crippen LogP contribution in [-0.4, -0.2) is 81.8 Å². The van der Waals surface area contributed by atoms with E-state index in [0.29, 0.717) is 30.9 Å². The largest absolute Gasteiger partial charge is 0.493 e. The highest BCUT2D eigenvalue weighted by Gasteiger charge is 2.29. The van der Waals surface area contributed by atoms with E-state index in [2.05, 4.69) is 16.7 Å². The number of methoxy groups -OCH3 is 3. The molecule has 0 bridgehead atoms. The molecule has 1 atom stereocenters. The fourth-order valence-electron chi connectivity index (χ4n) is 4.76. The molecule has 1 fully saturated rings. The number of benzene rings is 2. The summed E-state index contributed by atoms with van der Waals surface area (Å²) >= 11 is 0. The molecule has 0 N–H and O–H groups in total. The number of carbonyl (C=O) groups excluding carboxylic acids is 2. The number of nitrogens with zero attached hydrogens (tertiary/aromatic N) is 3. The standard InChI is InChI=1S/C26H33N3O5/c1-18-15-28(22-7-5-19(6-8-22)26(31)34-4)12-11-27(18)17-25(30)29-10-9-20-13-23(32-2)24(33-3)14-21(20)16-29/h5-8,13-14,18H,9-12,15-17H2,1-4H3. The summed E-state index contributed by atoms with van der Waals surface area (Å²) in [7, 11) is 4.65. The lowest BCUT2D eigenvalue weighted by molar-refractivity contribution is -0.134. The molecule has 8 nitrogen and oxygen atoms in total. The minimum absolute atomic E-state index is 0.156. The average Bonchev–Trinajstić information content (AvgIpc) is 2.88. The Labute approximate surface area is 201 Å². The van der Waals surface area contributed by atoms with Crippen LogP contribution in [-0.2, 0) is 22.5 Å². The molecule has 2 aliphatic rings. The van der Waals surface area contributed by atoms with Crippen molar-refractivity contribution in [2.75, 3.05) is 59.0 Å². The summed E-state index contributed by atoms with van der Waals surface area (Å²) in [5.74, 6) is 1.25. The van der Waals surface area contributed by atoms with Crippen LogP contribution in [0.3, 0.4) is 0 Å². The van der Waals surface area contributed by atoms with Gasteiger partial charge in [0.15, 0.2) is 11.5 Å². The van der Waals surface area contributed by atoms with E-state index in [0.717, 1.165) is 43.1 Å². The number of piperazine rings is 1. The highest BCUT2D eigenvalue weighted by Crippen LogP contribution is 2.33. The Morgan fingerprint density at radius 1 is 0.941 bits per heavy atom. The summed E-state index contributed by atoms with van der Waals surface area (Å²) in [4.78, 5) is 31.3. The van der Waals surface area contributed by atoms with Crippen LogP contribution < -0.4 is 14.4 Å². The van der Waals surface area contributed by atoms with Crippen molar-refractivity contribution < 1.29 is 23.8 Å². The smallest absolute Gasteiger partial charge is 0.337 e. The molecule has 2 heterocycles. The first-order valence-electron chi connectivity index (χ1n) is 11.6. The van der Waals surface area contributed by atoms with Gasteiger partial charge in [-0.25, -0.2) is 4.79 Å². The topological polar surface area (TPSA) is 71.6 Å². The Morgan fingerprint density at radius 3 is 2.24 bits per heavy atom. The third kappa shape index (κ3) is 4.97. The lowest BCUT2D eigenvalue weighted by Gasteiger charge is -2.41. The Bertz CT molecular complexity index is 1040. The lowest BCUT2D eigenvalue weighted by Crippen LogP contribution is -2.55. The SMILES string of the molecule is COC(=O)c1ccc(N2CCN(CC(=O)N3CCc4cc(OC)c(OC)cc4C3)C(C)C2)cc1. The molecule has 0 radical (unpaired) electrons. The minimum Gasteiger partial charge on any atom is -0.493 e. The molecule has 0 saturated carbocycles. The summed E-state index contributed by atoms with van der Waals surface area (Å²) in [5.41, 5.74) is 3.94. The molecule has 0 spiro atoms. The number of rotatable bonds is 6. The first-order valence-corrected chi connectivity index (χ1v) is 11.6. The number of anilines is 1. The van der Waals surface area contributed by atoms with Crippen molar-refractivity contribution >= 4 is 17.6 Å². The second-order valence-corrected chi connectivity index (χ2v) is 8.85. The van der Waals surface area contributed by atoms with Crippen molar-refractivity contribution in [3.8, 4) is 11.5 Å². The maximum atomic E-state index is 13.2. The van der Waals surface area contributed by atoms with Crippen LogP contribution in [0.1, 0.15) is 28.4 Å². The first kappa shape index (κ1) is 23.9. The third-order valence-corrected chi connectivity index (χ3v) is 6.83. The zero-order chi connectivity index (χ0) is 24.2. The lowest BCUT2D eigenvalue weighted by atomic mass is 9.98. The summed E-state index contributed by atoms with van der Waals surface area (Å²) < 4.78 is 15.6. The molecule has 2 aromatic rings. The van der Waals surface area contributed by atoms with E-state index in [9.17, 15) is 9.59 Å². The molecule has 2 aliphatic heterocycles. The van der Waals surface area contributed by atoms with Gasteiger partial charge in [-0.3, -0.25) is 9.69 Å². The molecule has 8 heteroatoms. The van der Waals surface area contributed by atoms with Crippen LogP contribution in [0.4, 0.5) is 5.69 Å². The Kier molecular flexibility index (Phi) is 7.26. The van der Waals surface area contributed by atoms with Gasteiger partial charge in [0.2, 0.25) is 5.91 Å². The molecule has 0 aliphatic carbocycles. The Morgan fingerprint density at radius 2 is 1.62 bits per heavy atom. The second-order valence-electron chi connectivity index (χ2n) is 8.85. The number of carbonyl (C=O) groups is 2. The highest BCUT2D eigenvalue weighted by atomic mass is 16.5. The Balaban J connectivity index is 1.34. The van der Waals surface area contributed by atoms with Crippen molar-refractivity contribution in [3.63, 3.8) is 0 Å². The molecule has 2 aromatic carbocycles. The van der Waals surface area contributed by atoms with Gasteiger partial charge in [0.25, 0.3) is 0 Å². The van der Waals surface area contributed by atoms with E-state index < -0.39 is 0 Å². The van der Waals surface area contributed by atoms with Gasteiger partial charge in [0.05, 0.1) is 33.4 Å². The van der Waals surface area contributed by atoms with Gasteiger partial charge >= 0.3 is 5.97 Å². The third-order valence-electron chi connectivity index (χ3n) is 6.83. The molecule has 1 amide bonds. The predicted molar refractivity (Wildman–Crippen MR) is 130 cm³/mol. The van der Waals surface area contributed by atoms with Gasteiger partial charge in [-0.15, -0.1) is 0 Å². The van der Waals surface area contributed by atoms with Gasteiger partial charge in [0, 0.05) is 44.5 Å². The molecular weight excluding hydrogens is 434 g/mol. The van der Waals surface area contributed by atoms with E-state index in [-0.39, 0.29) is 17.9 Å². The number of amides is 1. The molecule has 0 aromatic heterocycles. The van der Waals surface area contributed by atoms with Crippen LogP contribution in [0, 0.1) is 0 Å². The molecule has 4 rings (SSSR count). The molecule has 182 valence electrons. The van der Waals surface area contributed by atoms with Crippen LogP contribution in [0.25, 0.3) is 0 Å². The summed E-state index contributed by atoms with van der Waals surface area (Å²) in [6.07, 6.45) is 0.812. The van der Waals surface area contributed by atoms with E-state index >= 15 is 0 Å². The van der Waals surface area contributed by atoms with Crippen LogP contribution in [0.2, 0.25) is 0 Å². The number of fused-ring (bicyclic) bond motifs is 1.